The third-order valence-electron chi connectivity index (χ3n) is 1.77. The zero-order valence-electron chi connectivity index (χ0n) is 8.11. The Morgan fingerprint density at radius 3 is 3.07 bits per heavy atom. The molecule has 3 nitrogen and oxygen atoms in total. The topological polar surface area (TPSA) is 35.0 Å². The molecule has 0 saturated heterocycles. The van der Waals surface area contributed by atoms with Crippen molar-refractivity contribution in [3.8, 4) is 5.75 Å². The van der Waals surface area contributed by atoms with Crippen LogP contribution in [0.4, 0.5) is 0 Å². The summed E-state index contributed by atoms with van der Waals surface area (Å²) in [6.45, 7) is 2.39. The molecule has 0 spiro atoms. The summed E-state index contributed by atoms with van der Waals surface area (Å²) in [6.07, 6.45) is 1.63. The molecule has 0 bridgehead atoms. The molecule has 15 heavy (non-hydrogen) atoms. The van der Waals surface area contributed by atoms with Gasteiger partial charge in [0.25, 0.3) is 0 Å². The Bertz CT molecular complexity index is 458. The van der Waals surface area contributed by atoms with E-state index in [1.165, 1.54) is 0 Å². The van der Waals surface area contributed by atoms with E-state index in [1.54, 1.807) is 29.7 Å². The molecule has 0 radical (unpaired) electrons. The van der Waals surface area contributed by atoms with Gasteiger partial charge in [-0.1, -0.05) is 11.6 Å². The third-order valence-corrected chi connectivity index (χ3v) is 2.87. The molecule has 2 aromatic heterocycles. The molecular formula is C10H9ClN2OS. The van der Waals surface area contributed by atoms with Crippen LogP contribution in [0.1, 0.15) is 10.7 Å². The molecule has 2 aromatic rings. The summed E-state index contributed by atoms with van der Waals surface area (Å²) < 4.78 is 5.49. The molecule has 0 saturated carbocycles. The maximum atomic E-state index is 5.84. The quantitative estimate of drug-likeness (QED) is 0.774. The number of nitrogens with zero attached hydrogens (tertiary/aromatic N) is 2. The molecule has 0 aliphatic rings. The van der Waals surface area contributed by atoms with Gasteiger partial charge in [0.15, 0.2) is 10.9 Å². The highest BCUT2D eigenvalue weighted by Gasteiger charge is 2.03. The van der Waals surface area contributed by atoms with Crippen LogP contribution in [0.15, 0.2) is 23.7 Å². The standard InChI is InChI=1S/C10H9ClN2OS/c1-7-13-8(6-15-7)5-14-9-3-2-4-12-10(9)11/h2-4,6H,5H2,1H3. The second kappa shape index (κ2) is 4.59. The van der Waals surface area contributed by atoms with Gasteiger partial charge in [-0.3, -0.25) is 0 Å². The van der Waals surface area contributed by atoms with Gasteiger partial charge in [0.1, 0.15) is 6.61 Å². The van der Waals surface area contributed by atoms with Crippen molar-refractivity contribution in [2.75, 3.05) is 0 Å². The molecule has 0 aliphatic carbocycles. The van der Waals surface area contributed by atoms with Crippen LogP contribution in [0.25, 0.3) is 0 Å². The van der Waals surface area contributed by atoms with Crippen LogP contribution in [0.3, 0.4) is 0 Å². The van der Waals surface area contributed by atoms with Gasteiger partial charge in [0.2, 0.25) is 0 Å². The minimum Gasteiger partial charge on any atom is -0.484 e. The number of aryl methyl sites for hydroxylation is 1. The first-order valence-electron chi connectivity index (χ1n) is 4.40. The Hall–Kier alpha value is -1.13. The van der Waals surface area contributed by atoms with Crippen molar-refractivity contribution >= 4 is 22.9 Å². The summed E-state index contributed by atoms with van der Waals surface area (Å²) in [6, 6.07) is 3.57. The van der Waals surface area contributed by atoms with Crippen molar-refractivity contribution < 1.29 is 4.74 Å². The lowest BCUT2D eigenvalue weighted by Crippen LogP contribution is -1.96. The number of rotatable bonds is 3. The van der Waals surface area contributed by atoms with Gasteiger partial charge in [-0.25, -0.2) is 9.97 Å². The van der Waals surface area contributed by atoms with Crippen molar-refractivity contribution in [1.29, 1.82) is 0 Å². The SMILES string of the molecule is Cc1nc(COc2cccnc2Cl)cs1. The third kappa shape index (κ3) is 2.67. The summed E-state index contributed by atoms with van der Waals surface area (Å²) in [7, 11) is 0. The number of thiazole rings is 1. The highest BCUT2D eigenvalue weighted by Crippen LogP contribution is 2.21. The lowest BCUT2D eigenvalue weighted by Gasteiger charge is -2.04. The minimum atomic E-state index is 0.379. The lowest BCUT2D eigenvalue weighted by molar-refractivity contribution is 0.301. The molecule has 0 atom stereocenters. The maximum absolute atomic E-state index is 5.84. The monoisotopic (exact) mass is 240 g/mol. The van der Waals surface area contributed by atoms with Crippen molar-refractivity contribution in [1.82, 2.24) is 9.97 Å². The van der Waals surface area contributed by atoms with Crippen LogP contribution in [-0.4, -0.2) is 9.97 Å². The van der Waals surface area contributed by atoms with Crippen molar-refractivity contribution in [3.05, 3.63) is 39.6 Å². The number of halogens is 1. The molecular weight excluding hydrogens is 232 g/mol. The Balaban J connectivity index is 2.02. The van der Waals surface area contributed by atoms with Gasteiger partial charge in [-0.2, -0.15) is 0 Å². The molecule has 0 aromatic carbocycles. The Kier molecular flexibility index (Phi) is 3.18. The molecule has 0 fully saturated rings. The highest BCUT2D eigenvalue weighted by molar-refractivity contribution is 7.09. The Morgan fingerprint density at radius 2 is 2.40 bits per heavy atom. The first kappa shape index (κ1) is 10.4. The van der Waals surface area contributed by atoms with Crippen LogP contribution in [0.2, 0.25) is 5.15 Å². The molecule has 2 rings (SSSR count). The minimum absolute atomic E-state index is 0.379. The molecule has 0 N–H and O–H groups in total. The first-order chi connectivity index (χ1) is 7.25. The van der Waals surface area contributed by atoms with E-state index in [1.807, 2.05) is 12.3 Å². The smallest absolute Gasteiger partial charge is 0.171 e. The van der Waals surface area contributed by atoms with Gasteiger partial charge in [-0.15, -0.1) is 11.3 Å². The van der Waals surface area contributed by atoms with E-state index < -0.39 is 0 Å². The predicted octanol–water partition coefficient (Wildman–Crippen LogP) is 3.08. The zero-order chi connectivity index (χ0) is 10.7. The molecule has 78 valence electrons. The van der Waals surface area contributed by atoms with E-state index in [0.717, 1.165) is 10.7 Å². The van der Waals surface area contributed by atoms with E-state index in [0.29, 0.717) is 17.5 Å². The lowest BCUT2D eigenvalue weighted by atomic mass is 10.4. The van der Waals surface area contributed by atoms with E-state index >= 15 is 0 Å². The van der Waals surface area contributed by atoms with Gasteiger partial charge in [-0.05, 0) is 19.1 Å². The number of aromatic nitrogens is 2. The number of pyridine rings is 1. The molecule has 0 amide bonds. The van der Waals surface area contributed by atoms with E-state index in [4.69, 9.17) is 16.3 Å². The zero-order valence-corrected chi connectivity index (χ0v) is 9.68. The predicted molar refractivity (Wildman–Crippen MR) is 60.4 cm³/mol. The second-order valence-electron chi connectivity index (χ2n) is 2.94. The molecule has 0 unspecified atom stereocenters. The van der Waals surface area contributed by atoms with E-state index in [-0.39, 0.29) is 0 Å². The average molecular weight is 241 g/mol. The number of hydrogen-bond donors (Lipinski definition) is 0. The van der Waals surface area contributed by atoms with E-state index in [9.17, 15) is 0 Å². The van der Waals surface area contributed by atoms with Crippen LogP contribution in [0.5, 0.6) is 5.75 Å². The molecule has 0 aliphatic heterocycles. The first-order valence-corrected chi connectivity index (χ1v) is 5.66. The fraction of sp³-hybridized carbons (Fsp3) is 0.200. The van der Waals surface area contributed by atoms with Gasteiger partial charge >= 0.3 is 0 Å². The fourth-order valence-electron chi connectivity index (χ4n) is 1.11. The largest absolute Gasteiger partial charge is 0.484 e. The van der Waals surface area contributed by atoms with Crippen molar-refractivity contribution in [2.24, 2.45) is 0 Å². The van der Waals surface area contributed by atoms with Gasteiger partial charge < -0.3 is 4.74 Å². The highest BCUT2D eigenvalue weighted by atomic mass is 35.5. The van der Waals surface area contributed by atoms with E-state index in [2.05, 4.69) is 9.97 Å². The van der Waals surface area contributed by atoms with Crippen LogP contribution >= 0.6 is 22.9 Å². The Labute approximate surface area is 96.7 Å². The Morgan fingerprint density at radius 1 is 1.53 bits per heavy atom. The number of hydrogen-bond acceptors (Lipinski definition) is 4. The fourth-order valence-corrected chi connectivity index (χ4v) is 1.88. The summed E-state index contributed by atoms with van der Waals surface area (Å²) >= 11 is 7.45. The average Bonchev–Trinajstić information content (AvgIpc) is 2.63. The van der Waals surface area contributed by atoms with Crippen molar-refractivity contribution in [3.63, 3.8) is 0 Å². The number of ether oxygens (including phenoxy) is 1. The summed E-state index contributed by atoms with van der Waals surface area (Å²) in [5.41, 5.74) is 0.914. The van der Waals surface area contributed by atoms with Crippen LogP contribution in [-0.2, 0) is 6.61 Å². The summed E-state index contributed by atoms with van der Waals surface area (Å²) in [4.78, 5) is 8.20. The summed E-state index contributed by atoms with van der Waals surface area (Å²) in [5.74, 6) is 0.588. The van der Waals surface area contributed by atoms with Crippen LogP contribution < -0.4 is 4.74 Å². The maximum Gasteiger partial charge on any atom is 0.171 e. The molecule has 5 heteroatoms. The van der Waals surface area contributed by atoms with Crippen molar-refractivity contribution in [2.45, 2.75) is 13.5 Å². The van der Waals surface area contributed by atoms with Crippen LogP contribution in [0, 0.1) is 6.92 Å². The summed E-state index contributed by atoms with van der Waals surface area (Å²) in [5, 5.41) is 3.38. The molecule has 2 heterocycles. The van der Waals surface area contributed by atoms with Gasteiger partial charge in [0.05, 0.1) is 10.7 Å². The van der Waals surface area contributed by atoms with Gasteiger partial charge in [0, 0.05) is 11.6 Å². The normalized spacial score (nSPS) is 10.3. The second-order valence-corrected chi connectivity index (χ2v) is 4.36.